The van der Waals surface area contributed by atoms with E-state index in [1.165, 1.54) is 19.2 Å². The molecule has 0 fully saturated rings. The Kier molecular flexibility index (Phi) is 5.83. The first kappa shape index (κ1) is 19.4. The van der Waals surface area contributed by atoms with Crippen LogP contribution in [-0.4, -0.2) is 63.7 Å². The number of nitrogens with zero attached hydrogens (tertiary/aromatic N) is 2. The van der Waals surface area contributed by atoms with Crippen molar-refractivity contribution in [3.8, 4) is 5.75 Å². The van der Waals surface area contributed by atoms with Crippen LogP contribution in [0.5, 0.6) is 5.75 Å². The van der Waals surface area contributed by atoms with Gasteiger partial charge in [-0.2, -0.15) is 0 Å². The fourth-order valence-corrected chi connectivity index (χ4v) is 4.17. The fraction of sp³-hybridized carbons (Fsp3) is 0.389. The lowest BCUT2D eigenvalue weighted by Gasteiger charge is -2.36. The highest BCUT2D eigenvalue weighted by Crippen LogP contribution is 2.19. The van der Waals surface area contributed by atoms with Crippen LogP contribution in [0.25, 0.3) is 0 Å². The third kappa shape index (κ3) is 4.15. The summed E-state index contributed by atoms with van der Waals surface area (Å²) in [4.78, 5) is 14.5. The molecule has 1 unspecified atom stereocenters. The van der Waals surface area contributed by atoms with Crippen molar-refractivity contribution in [3.05, 3.63) is 48.3 Å². The number of fused-ring (bicyclic) bond motifs is 1. The van der Waals surface area contributed by atoms with E-state index >= 15 is 0 Å². The number of amides is 1. The molecular formula is C18H23N3O5S. The molecule has 3 rings (SSSR count). The molecular weight excluding hydrogens is 370 g/mol. The first-order valence-electron chi connectivity index (χ1n) is 8.55. The molecule has 0 aliphatic carbocycles. The third-order valence-corrected chi connectivity index (χ3v) is 6.01. The van der Waals surface area contributed by atoms with Gasteiger partial charge in [-0.05, 0) is 36.4 Å². The Morgan fingerprint density at radius 2 is 1.93 bits per heavy atom. The maximum atomic E-state index is 12.7. The average molecular weight is 393 g/mol. The molecule has 1 amide bonds. The van der Waals surface area contributed by atoms with Gasteiger partial charge in [0, 0.05) is 32.9 Å². The molecule has 0 saturated heterocycles. The molecule has 8 nitrogen and oxygen atoms in total. The van der Waals surface area contributed by atoms with E-state index in [1.807, 2.05) is 16.8 Å². The topological polar surface area (TPSA) is 89.9 Å². The summed E-state index contributed by atoms with van der Waals surface area (Å²) in [5.74, 6) is 0.453. The SMILES string of the molecule is COCCN1C(=O)c2cccn2CC1CNS(=O)(=O)c1ccc(OC)cc1. The summed E-state index contributed by atoms with van der Waals surface area (Å²) in [5, 5.41) is 0. The smallest absolute Gasteiger partial charge is 0.270 e. The number of sulfonamides is 1. The van der Waals surface area contributed by atoms with E-state index < -0.39 is 10.0 Å². The monoisotopic (exact) mass is 393 g/mol. The minimum absolute atomic E-state index is 0.113. The molecule has 1 N–H and O–H groups in total. The minimum Gasteiger partial charge on any atom is -0.497 e. The number of hydrogen-bond donors (Lipinski definition) is 1. The van der Waals surface area contributed by atoms with E-state index in [4.69, 9.17) is 9.47 Å². The highest BCUT2D eigenvalue weighted by Gasteiger charge is 2.32. The van der Waals surface area contributed by atoms with Gasteiger partial charge in [0.05, 0.1) is 24.7 Å². The van der Waals surface area contributed by atoms with Crippen molar-refractivity contribution in [2.75, 3.05) is 33.9 Å². The highest BCUT2D eigenvalue weighted by atomic mass is 32.2. The molecule has 1 aromatic heterocycles. The average Bonchev–Trinajstić information content (AvgIpc) is 3.15. The molecule has 1 aliphatic heterocycles. The van der Waals surface area contributed by atoms with Gasteiger partial charge < -0.3 is 18.9 Å². The normalized spacial score (nSPS) is 17.0. The maximum Gasteiger partial charge on any atom is 0.270 e. The van der Waals surface area contributed by atoms with Gasteiger partial charge in [0.25, 0.3) is 5.91 Å². The molecule has 1 aromatic carbocycles. The third-order valence-electron chi connectivity index (χ3n) is 4.57. The summed E-state index contributed by atoms with van der Waals surface area (Å²) >= 11 is 0. The minimum atomic E-state index is -3.69. The molecule has 2 aromatic rings. The summed E-state index contributed by atoms with van der Waals surface area (Å²) in [5.41, 5.74) is 0.598. The zero-order chi connectivity index (χ0) is 19.4. The largest absolute Gasteiger partial charge is 0.497 e. The molecule has 0 bridgehead atoms. The Morgan fingerprint density at radius 3 is 2.59 bits per heavy atom. The van der Waals surface area contributed by atoms with Gasteiger partial charge in [0.15, 0.2) is 0 Å². The van der Waals surface area contributed by atoms with Crippen molar-refractivity contribution >= 4 is 15.9 Å². The van der Waals surface area contributed by atoms with Crippen molar-refractivity contribution in [1.82, 2.24) is 14.2 Å². The van der Waals surface area contributed by atoms with Gasteiger partial charge in [0.2, 0.25) is 10.0 Å². The fourth-order valence-electron chi connectivity index (χ4n) is 3.10. The van der Waals surface area contributed by atoms with Crippen LogP contribution < -0.4 is 9.46 Å². The molecule has 0 radical (unpaired) electrons. The Labute approximate surface area is 158 Å². The Bertz CT molecular complexity index is 892. The number of aromatic nitrogens is 1. The number of methoxy groups -OCH3 is 2. The number of benzene rings is 1. The molecule has 146 valence electrons. The van der Waals surface area contributed by atoms with Gasteiger partial charge in [0.1, 0.15) is 11.4 Å². The van der Waals surface area contributed by atoms with Crippen molar-refractivity contribution in [3.63, 3.8) is 0 Å². The van der Waals surface area contributed by atoms with Crippen LogP contribution in [0.2, 0.25) is 0 Å². The van der Waals surface area contributed by atoms with Crippen LogP contribution in [0.15, 0.2) is 47.5 Å². The van der Waals surface area contributed by atoms with Gasteiger partial charge in [-0.1, -0.05) is 0 Å². The second-order valence-electron chi connectivity index (χ2n) is 6.22. The summed E-state index contributed by atoms with van der Waals surface area (Å²) in [7, 11) is -0.606. The van der Waals surface area contributed by atoms with Crippen LogP contribution >= 0.6 is 0 Å². The lowest BCUT2D eigenvalue weighted by molar-refractivity contribution is 0.0518. The molecule has 1 aliphatic rings. The summed E-state index contributed by atoms with van der Waals surface area (Å²) < 4.78 is 39.8. The number of carbonyl (C=O) groups is 1. The lowest BCUT2D eigenvalue weighted by Crippen LogP contribution is -2.53. The van der Waals surface area contributed by atoms with Crippen LogP contribution in [-0.2, 0) is 21.3 Å². The maximum absolute atomic E-state index is 12.7. The van der Waals surface area contributed by atoms with Crippen molar-refractivity contribution in [1.29, 1.82) is 0 Å². The predicted molar refractivity (Wildman–Crippen MR) is 99.3 cm³/mol. The Morgan fingerprint density at radius 1 is 1.19 bits per heavy atom. The molecule has 1 atom stereocenters. The van der Waals surface area contributed by atoms with Gasteiger partial charge in [-0.25, -0.2) is 13.1 Å². The van der Waals surface area contributed by atoms with E-state index in [1.54, 1.807) is 30.2 Å². The van der Waals surface area contributed by atoms with Gasteiger partial charge in [-0.3, -0.25) is 4.79 Å². The number of hydrogen-bond acceptors (Lipinski definition) is 5. The molecule has 2 heterocycles. The number of carbonyl (C=O) groups excluding carboxylic acids is 1. The molecule has 9 heteroatoms. The standard InChI is InChI=1S/C18H23N3O5S/c1-25-11-10-21-14(13-20-9-3-4-17(20)18(21)22)12-19-27(23,24)16-7-5-15(26-2)6-8-16/h3-9,14,19H,10-13H2,1-2H3. The van der Waals surface area contributed by atoms with Crippen LogP contribution in [0.3, 0.4) is 0 Å². The van der Waals surface area contributed by atoms with Crippen molar-refractivity contribution in [2.24, 2.45) is 0 Å². The molecule has 27 heavy (non-hydrogen) atoms. The predicted octanol–water partition coefficient (Wildman–Crippen LogP) is 0.946. The molecule has 0 spiro atoms. The zero-order valence-corrected chi connectivity index (χ0v) is 16.1. The number of rotatable bonds is 8. The number of ether oxygens (including phenoxy) is 2. The second-order valence-corrected chi connectivity index (χ2v) is 7.99. The van der Waals surface area contributed by atoms with Crippen LogP contribution in [0.1, 0.15) is 10.5 Å². The van der Waals surface area contributed by atoms with Gasteiger partial charge >= 0.3 is 0 Å². The highest BCUT2D eigenvalue weighted by molar-refractivity contribution is 7.89. The summed E-state index contributed by atoms with van der Waals surface area (Å²) in [6.45, 7) is 1.41. The van der Waals surface area contributed by atoms with E-state index in [0.717, 1.165) is 0 Å². The van der Waals surface area contributed by atoms with Crippen LogP contribution in [0, 0.1) is 0 Å². The second kappa shape index (κ2) is 8.12. The van der Waals surface area contributed by atoms with E-state index in [2.05, 4.69) is 4.72 Å². The first-order chi connectivity index (χ1) is 13.0. The Hall–Kier alpha value is -2.36. The van der Waals surface area contributed by atoms with E-state index in [0.29, 0.717) is 31.1 Å². The van der Waals surface area contributed by atoms with Gasteiger partial charge in [-0.15, -0.1) is 0 Å². The summed E-state index contributed by atoms with van der Waals surface area (Å²) in [6.07, 6.45) is 1.83. The summed E-state index contributed by atoms with van der Waals surface area (Å²) in [6, 6.07) is 9.43. The molecule has 0 saturated carbocycles. The first-order valence-corrected chi connectivity index (χ1v) is 10.0. The van der Waals surface area contributed by atoms with E-state index in [-0.39, 0.29) is 23.4 Å². The quantitative estimate of drug-likeness (QED) is 0.721. The van der Waals surface area contributed by atoms with Crippen molar-refractivity contribution in [2.45, 2.75) is 17.5 Å². The van der Waals surface area contributed by atoms with Crippen molar-refractivity contribution < 1.29 is 22.7 Å². The lowest BCUT2D eigenvalue weighted by atomic mass is 10.1. The zero-order valence-electron chi connectivity index (χ0n) is 15.3. The Balaban J connectivity index is 1.75. The van der Waals surface area contributed by atoms with E-state index in [9.17, 15) is 13.2 Å². The number of nitrogens with one attached hydrogen (secondary N) is 1. The van der Waals surface area contributed by atoms with Crippen LogP contribution in [0.4, 0.5) is 0 Å².